The first-order chi connectivity index (χ1) is 15.3. The first-order valence-electron chi connectivity index (χ1n) is 9.28. The first-order valence-corrected chi connectivity index (χ1v) is 11.2. The van der Waals surface area contributed by atoms with Crippen molar-refractivity contribution >= 4 is 27.9 Å². The number of nitrogens with one attached hydrogen (secondary N) is 2. The number of nitrogens with two attached hydrogens (primary N) is 1. The summed E-state index contributed by atoms with van der Waals surface area (Å²) in [5, 5.41) is 14.6. The number of H-pyrrole nitrogens is 1. The van der Waals surface area contributed by atoms with E-state index in [-0.39, 0.29) is 16.7 Å². The van der Waals surface area contributed by atoms with Crippen molar-refractivity contribution < 1.29 is 13.2 Å². The molecule has 1 amide bonds. The van der Waals surface area contributed by atoms with Gasteiger partial charge in [-0.25, -0.2) is 18.5 Å². The molecule has 0 saturated heterocycles. The number of aromatic amines is 1. The molecule has 2 aromatic heterocycles. The number of hydrogen-bond donors (Lipinski definition) is 3. The highest BCUT2D eigenvalue weighted by atomic mass is 32.2. The van der Waals surface area contributed by atoms with E-state index in [2.05, 4.69) is 30.8 Å². The zero-order valence-electron chi connectivity index (χ0n) is 16.8. The van der Waals surface area contributed by atoms with E-state index in [9.17, 15) is 13.2 Å². The van der Waals surface area contributed by atoms with Crippen LogP contribution in [0.2, 0.25) is 0 Å². The van der Waals surface area contributed by atoms with Gasteiger partial charge in [0.05, 0.1) is 16.8 Å². The number of nitrogen functional groups attached to an aromatic ring is 1. The normalized spacial score (nSPS) is 11.7. The number of sulfone groups is 1. The van der Waals surface area contributed by atoms with Crippen LogP contribution in [0.1, 0.15) is 16.2 Å². The number of rotatable bonds is 6. The lowest BCUT2D eigenvalue weighted by Gasteiger charge is -2.02. The number of anilines is 1. The Kier molecular flexibility index (Phi) is 5.52. The Morgan fingerprint density at radius 3 is 2.50 bits per heavy atom. The molecule has 4 N–H and O–H groups in total. The first kappa shape index (κ1) is 20.9. The van der Waals surface area contributed by atoms with Gasteiger partial charge in [-0.05, 0) is 24.3 Å². The smallest absolute Gasteiger partial charge is 0.308 e. The largest absolute Gasteiger partial charge is 0.366 e. The number of carbonyl (C=O) groups excluding carboxylic acids is 1. The summed E-state index contributed by atoms with van der Waals surface area (Å²) in [6, 6.07) is 15.8. The minimum atomic E-state index is -3.32. The third-order valence-electron chi connectivity index (χ3n) is 4.41. The average molecular weight is 450 g/mol. The number of amides is 1. The van der Waals surface area contributed by atoms with Crippen LogP contribution < -0.4 is 11.2 Å². The van der Waals surface area contributed by atoms with Crippen LogP contribution in [0.4, 0.5) is 5.95 Å². The number of carbonyl (C=O) groups is 1. The van der Waals surface area contributed by atoms with Gasteiger partial charge < -0.3 is 5.73 Å². The number of aromatic nitrogens is 5. The summed E-state index contributed by atoms with van der Waals surface area (Å²) in [5.74, 6) is -0.737. The van der Waals surface area contributed by atoms with Crippen molar-refractivity contribution in [2.45, 2.75) is 4.90 Å². The third-order valence-corrected chi connectivity index (χ3v) is 5.54. The number of para-hydroxylation sites is 1. The van der Waals surface area contributed by atoms with Crippen LogP contribution >= 0.6 is 0 Å². The molecule has 0 spiro atoms. The monoisotopic (exact) mass is 450 g/mol. The minimum absolute atomic E-state index is 0.0527. The molecular weight excluding hydrogens is 432 g/mol. The second-order valence-corrected chi connectivity index (χ2v) is 8.77. The summed E-state index contributed by atoms with van der Waals surface area (Å²) < 4.78 is 25.2. The number of hydrogen-bond acceptors (Lipinski definition) is 8. The summed E-state index contributed by atoms with van der Waals surface area (Å²) in [6.07, 6.45) is 4.33. The van der Waals surface area contributed by atoms with Gasteiger partial charge in [0.15, 0.2) is 9.84 Å². The Morgan fingerprint density at radius 2 is 1.88 bits per heavy atom. The van der Waals surface area contributed by atoms with Crippen LogP contribution in [0, 0.1) is 0 Å². The van der Waals surface area contributed by atoms with Gasteiger partial charge in [-0.3, -0.25) is 9.89 Å². The van der Waals surface area contributed by atoms with E-state index in [1.165, 1.54) is 18.3 Å². The van der Waals surface area contributed by atoms with Gasteiger partial charge >= 0.3 is 5.91 Å². The van der Waals surface area contributed by atoms with E-state index in [1.54, 1.807) is 23.0 Å². The molecule has 0 bridgehead atoms. The Hall–Kier alpha value is -4.32. The maximum absolute atomic E-state index is 12.1. The molecular formula is C20H18N8O3S. The minimum Gasteiger partial charge on any atom is -0.366 e. The summed E-state index contributed by atoms with van der Waals surface area (Å²) >= 11 is 0. The van der Waals surface area contributed by atoms with Crippen LogP contribution in [-0.2, 0) is 9.84 Å². The molecule has 4 aromatic rings. The molecule has 162 valence electrons. The fraction of sp³-hybridized carbons (Fsp3) is 0.0500. The Balaban J connectivity index is 1.67. The van der Waals surface area contributed by atoms with Crippen LogP contribution in [0.25, 0.3) is 16.9 Å². The van der Waals surface area contributed by atoms with Crippen molar-refractivity contribution in [3.05, 3.63) is 72.2 Å². The average Bonchev–Trinajstić information content (AvgIpc) is 3.40. The lowest BCUT2D eigenvalue weighted by molar-refractivity contribution is 0.0945. The summed E-state index contributed by atoms with van der Waals surface area (Å²) in [4.78, 5) is 16.0. The van der Waals surface area contributed by atoms with Crippen molar-refractivity contribution in [1.29, 1.82) is 0 Å². The van der Waals surface area contributed by atoms with Crippen molar-refractivity contribution in [2.24, 2.45) is 5.10 Å². The van der Waals surface area contributed by atoms with Gasteiger partial charge in [-0.1, -0.05) is 30.3 Å². The van der Waals surface area contributed by atoms with E-state index in [0.29, 0.717) is 16.8 Å². The quantitative estimate of drug-likeness (QED) is 0.295. The topological polar surface area (TPSA) is 161 Å². The molecule has 32 heavy (non-hydrogen) atoms. The highest BCUT2D eigenvalue weighted by Gasteiger charge is 2.14. The number of hydrazone groups is 1. The molecule has 2 heterocycles. The molecule has 0 aliphatic rings. The van der Waals surface area contributed by atoms with Gasteiger partial charge in [0.25, 0.3) is 0 Å². The highest BCUT2D eigenvalue weighted by Crippen LogP contribution is 2.24. The van der Waals surface area contributed by atoms with E-state index in [0.717, 1.165) is 11.9 Å². The van der Waals surface area contributed by atoms with Gasteiger partial charge in [0, 0.05) is 23.6 Å². The van der Waals surface area contributed by atoms with Crippen molar-refractivity contribution in [2.75, 3.05) is 12.0 Å². The highest BCUT2D eigenvalue weighted by molar-refractivity contribution is 7.90. The predicted molar refractivity (Wildman–Crippen MR) is 118 cm³/mol. The summed E-state index contributed by atoms with van der Waals surface area (Å²) in [6.45, 7) is 0. The second kappa shape index (κ2) is 8.43. The Bertz CT molecular complexity index is 1390. The van der Waals surface area contributed by atoms with Gasteiger partial charge in [-0.15, -0.1) is 5.10 Å². The molecule has 2 aromatic carbocycles. The maximum Gasteiger partial charge on any atom is 0.308 e. The van der Waals surface area contributed by atoms with Gasteiger partial charge in [-0.2, -0.15) is 15.2 Å². The SMILES string of the molecule is CS(=O)(=O)c1ccc(-c2nn(-c3ccccc3)cc2/C=N/NC(=O)c2nc(N)n[nH]2)cc1. The zero-order chi connectivity index (χ0) is 22.7. The van der Waals surface area contributed by atoms with Crippen molar-refractivity contribution in [3.63, 3.8) is 0 Å². The summed E-state index contributed by atoms with van der Waals surface area (Å²) in [5.41, 5.74) is 10.4. The van der Waals surface area contributed by atoms with E-state index >= 15 is 0 Å². The molecule has 0 atom stereocenters. The molecule has 4 rings (SSSR count). The lowest BCUT2D eigenvalue weighted by atomic mass is 10.1. The summed E-state index contributed by atoms with van der Waals surface area (Å²) in [7, 11) is -3.32. The maximum atomic E-state index is 12.1. The standard InChI is InChI=1S/C20H18N8O3S/c1-32(30,31)16-9-7-13(8-10-16)17-14(12-28(27-17)15-5-3-2-4-6-15)11-22-25-19(29)18-23-20(21)26-24-18/h2-12H,1H3,(H,25,29)(H3,21,23,24,26)/b22-11+. The van der Waals surface area contributed by atoms with Crippen LogP contribution in [0.3, 0.4) is 0 Å². The second-order valence-electron chi connectivity index (χ2n) is 6.75. The van der Waals surface area contributed by atoms with Crippen molar-refractivity contribution in [3.8, 4) is 16.9 Å². The Labute approximate surface area is 182 Å². The zero-order valence-corrected chi connectivity index (χ0v) is 17.6. The molecule has 0 saturated carbocycles. The molecule has 0 fully saturated rings. The molecule has 11 nitrogen and oxygen atoms in total. The van der Waals surface area contributed by atoms with Gasteiger partial charge in [0.1, 0.15) is 5.69 Å². The molecule has 0 aliphatic heterocycles. The Morgan fingerprint density at radius 1 is 1.16 bits per heavy atom. The molecule has 12 heteroatoms. The van der Waals surface area contributed by atoms with Crippen molar-refractivity contribution in [1.82, 2.24) is 30.4 Å². The van der Waals surface area contributed by atoms with Crippen LogP contribution in [0.15, 0.2) is 70.8 Å². The van der Waals surface area contributed by atoms with E-state index in [1.807, 2.05) is 30.3 Å². The van der Waals surface area contributed by atoms with Gasteiger partial charge in [0.2, 0.25) is 11.8 Å². The number of benzene rings is 2. The van der Waals surface area contributed by atoms with Crippen LogP contribution in [0.5, 0.6) is 0 Å². The molecule has 0 unspecified atom stereocenters. The fourth-order valence-electron chi connectivity index (χ4n) is 2.87. The molecule has 0 radical (unpaired) electrons. The molecule has 0 aliphatic carbocycles. The number of nitrogens with zero attached hydrogens (tertiary/aromatic N) is 5. The van der Waals surface area contributed by atoms with E-state index < -0.39 is 15.7 Å². The van der Waals surface area contributed by atoms with E-state index in [4.69, 9.17) is 5.73 Å². The van der Waals surface area contributed by atoms with Crippen LogP contribution in [-0.4, -0.2) is 51.8 Å². The fourth-order valence-corrected chi connectivity index (χ4v) is 3.50. The predicted octanol–water partition coefficient (Wildman–Crippen LogP) is 1.41. The third kappa shape index (κ3) is 4.54. The lowest BCUT2D eigenvalue weighted by Crippen LogP contribution is -2.19.